The van der Waals surface area contributed by atoms with Crippen molar-refractivity contribution in [1.29, 1.82) is 0 Å². The number of benzene rings is 1. The molecule has 1 unspecified atom stereocenters. The number of hydrogen-bond donors (Lipinski definition) is 1. The second kappa shape index (κ2) is 6.67. The molecule has 1 aliphatic rings. The van der Waals surface area contributed by atoms with Gasteiger partial charge in [0, 0.05) is 24.2 Å². The van der Waals surface area contributed by atoms with Crippen molar-refractivity contribution in [3.05, 3.63) is 38.9 Å². The van der Waals surface area contributed by atoms with E-state index in [1.807, 2.05) is 0 Å². The van der Waals surface area contributed by atoms with Crippen LogP contribution in [0.1, 0.15) is 29.6 Å². The number of amides is 1. The van der Waals surface area contributed by atoms with Crippen LogP contribution in [0, 0.1) is 10.1 Å². The number of nitrogens with zero attached hydrogens (tertiary/aromatic N) is 1. The van der Waals surface area contributed by atoms with Crippen LogP contribution < -0.4 is 5.32 Å². The van der Waals surface area contributed by atoms with Crippen LogP contribution in [0.4, 0.5) is 5.69 Å². The van der Waals surface area contributed by atoms with Crippen LogP contribution in [0.2, 0.25) is 5.02 Å². The third-order valence-corrected chi connectivity index (χ3v) is 3.41. The van der Waals surface area contributed by atoms with E-state index >= 15 is 0 Å². The molecule has 0 spiro atoms. The summed E-state index contributed by atoms with van der Waals surface area (Å²) in [5.41, 5.74) is -0.265. The normalized spacial score (nSPS) is 17.9. The Morgan fingerprint density at radius 2 is 2.35 bits per heavy atom. The van der Waals surface area contributed by atoms with Gasteiger partial charge in [-0.05, 0) is 31.4 Å². The van der Waals surface area contributed by atoms with Gasteiger partial charge >= 0.3 is 0 Å². The zero-order chi connectivity index (χ0) is 14.5. The highest BCUT2D eigenvalue weighted by molar-refractivity contribution is 6.31. The maximum atomic E-state index is 12.0. The highest BCUT2D eigenvalue weighted by Gasteiger charge is 2.21. The highest BCUT2D eigenvalue weighted by Crippen LogP contribution is 2.23. The lowest BCUT2D eigenvalue weighted by molar-refractivity contribution is -0.385. The summed E-state index contributed by atoms with van der Waals surface area (Å²) in [5.74, 6) is -0.466. The fourth-order valence-corrected chi connectivity index (χ4v) is 2.33. The molecule has 1 aromatic carbocycles. The van der Waals surface area contributed by atoms with Crippen molar-refractivity contribution >= 4 is 23.2 Å². The van der Waals surface area contributed by atoms with Gasteiger partial charge in [0.1, 0.15) is 5.56 Å². The Balaban J connectivity index is 1.96. The first-order valence-corrected chi connectivity index (χ1v) is 6.79. The molecule has 1 N–H and O–H groups in total. The van der Waals surface area contributed by atoms with Crippen molar-refractivity contribution in [2.24, 2.45) is 0 Å². The second-order valence-electron chi connectivity index (χ2n) is 4.60. The van der Waals surface area contributed by atoms with Gasteiger partial charge in [-0.2, -0.15) is 0 Å². The fraction of sp³-hybridized carbons (Fsp3) is 0.462. The molecule has 1 atom stereocenters. The van der Waals surface area contributed by atoms with Gasteiger partial charge in [-0.25, -0.2) is 0 Å². The molecule has 0 aliphatic carbocycles. The average molecular weight is 299 g/mol. The Morgan fingerprint density at radius 1 is 1.55 bits per heavy atom. The first kappa shape index (κ1) is 14.7. The Bertz CT molecular complexity index is 515. The molecule has 1 saturated heterocycles. The molecule has 6 nitrogen and oxygen atoms in total. The van der Waals surface area contributed by atoms with Crippen molar-refractivity contribution in [2.45, 2.75) is 25.4 Å². The summed E-state index contributed by atoms with van der Waals surface area (Å²) < 4.78 is 5.44. The van der Waals surface area contributed by atoms with E-state index in [0.29, 0.717) is 13.0 Å². The molecule has 1 fully saturated rings. The van der Waals surface area contributed by atoms with Crippen LogP contribution in [0.3, 0.4) is 0 Å². The van der Waals surface area contributed by atoms with Gasteiger partial charge < -0.3 is 10.1 Å². The second-order valence-corrected chi connectivity index (χ2v) is 5.03. The summed E-state index contributed by atoms with van der Waals surface area (Å²) in [6, 6.07) is 4.00. The number of nitro groups is 1. The Hall–Kier alpha value is -1.66. The maximum Gasteiger partial charge on any atom is 0.283 e. The molecule has 1 aliphatic heterocycles. The van der Waals surface area contributed by atoms with Crippen LogP contribution >= 0.6 is 11.6 Å². The van der Waals surface area contributed by atoms with Gasteiger partial charge in [-0.3, -0.25) is 14.9 Å². The SMILES string of the molecule is O=C(NCCC1CCCO1)c1ccc(Cl)cc1[N+](=O)[O-]. The lowest BCUT2D eigenvalue weighted by atomic mass is 10.1. The van der Waals surface area contributed by atoms with Crippen molar-refractivity contribution in [3.8, 4) is 0 Å². The van der Waals surface area contributed by atoms with E-state index in [4.69, 9.17) is 16.3 Å². The number of carbonyl (C=O) groups is 1. The number of carbonyl (C=O) groups excluding carboxylic acids is 1. The Labute approximate surface area is 121 Å². The average Bonchev–Trinajstić information content (AvgIpc) is 2.91. The number of hydrogen-bond acceptors (Lipinski definition) is 4. The predicted molar refractivity (Wildman–Crippen MR) is 74.0 cm³/mol. The summed E-state index contributed by atoms with van der Waals surface area (Å²) >= 11 is 5.70. The molecule has 108 valence electrons. The predicted octanol–water partition coefficient (Wildman–Crippen LogP) is 2.55. The molecule has 1 aromatic rings. The van der Waals surface area contributed by atoms with E-state index in [2.05, 4.69) is 5.32 Å². The third kappa shape index (κ3) is 3.68. The van der Waals surface area contributed by atoms with Gasteiger partial charge in [-0.15, -0.1) is 0 Å². The van der Waals surface area contributed by atoms with Crippen molar-refractivity contribution in [3.63, 3.8) is 0 Å². The highest BCUT2D eigenvalue weighted by atomic mass is 35.5. The molecular formula is C13H15ClN2O4. The van der Waals surface area contributed by atoms with E-state index in [9.17, 15) is 14.9 Å². The molecule has 0 bridgehead atoms. The molecule has 2 rings (SSSR count). The van der Waals surface area contributed by atoms with Gasteiger partial charge in [0.05, 0.1) is 11.0 Å². The van der Waals surface area contributed by atoms with Gasteiger partial charge in [0.2, 0.25) is 0 Å². The summed E-state index contributed by atoms with van der Waals surface area (Å²) in [6.45, 7) is 1.20. The van der Waals surface area contributed by atoms with E-state index in [1.165, 1.54) is 18.2 Å². The zero-order valence-corrected chi connectivity index (χ0v) is 11.6. The Morgan fingerprint density at radius 3 is 3.00 bits per heavy atom. The standard InChI is InChI=1S/C13H15ClN2O4/c14-9-3-4-11(12(8-9)16(18)19)13(17)15-6-5-10-2-1-7-20-10/h3-4,8,10H,1-2,5-7H2,(H,15,17). The number of ether oxygens (including phenoxy) is 1. The molecule has 1 heterocycles. The van der Waals surface area contributed by atoms with Crippen molar-refractivity contribution < 1.29 is 14.5 Å². The number of halogens is 1. The summed E-state index contributed by atoms with van der Waals surface area (Å²) in [4.78, 5) is 22.3. The molecule has 20 heavy (non-hydrogen) atoms. The lowest BCUT2D eigenvalue weighted by Gasteiger charge is -2.10. The summed E-state index contributed by atoms with van der Waals surface area (Å²) in [6.07, 6.45) is 2.93. The van der Waals surface area contributed by atoms with Crippen LogP contribution in [-0.4, -0.2) is 30.1 Å². The van der Waals surface area contributed by atoms with Crippen molar-refractivity contribution in [2.75, 3.05) is 13.2 Å². The molecule has 0 radical (unpaired) electrons. The van der Waals surface area contributed by atoms with Crippen LogP contribution in [0.5, 0.6) is 0 Å². The quantitative estimate of drug-likeness (QED) is 0.669. The number of nitro benzene ring substituents is 1. The van der Waals surface area contributed by atoms with E-state index in [0.717, 1.165) is 19.4 Å². The van der Waals surface area contributed by atoms with Crippen LogP contribution in [0.15, 0.2) is 18.2 Å². The fourth-order valence-electron chi connectivity index (χ4n) is 2.16. The van der Waals surface area contributed by atoms with E-state index < -0.39 is 10.8 Å². The van der Waals surface area contributed by atoms with Crippen LogP contribution in [0.25, 0.3) is 0 Å². The van der Waals surface area contributed by atoms with E-state index in [1.54, 1.807) is 0 Å². The minimum Gasteiger partial charge on any atom is -0.378 e. The summed E-state index contributed by atoms with van der Waals surface area (Å²) in [7, 11) is 0. The smallest absolute Gasteiger partial charge is 0.283 e. The maximum absolute atomic E-state index is 12.0. The number of rotatable bonds is 5. The van der Waals surface area contributed by atoms with E-state index in [-0.39, 0.29) is 22.4 Å². The molecule has 0 saturated carbocycles. The summed E-state index contributed by atoms with van der Waals surface area (Å²) in [5, 5.41) is 13.8. The first-order chi connectivity index (χ1) is 9.58. The third-order valence-electron chi connectivity index (χ3n) is 3.18. The largest absolute Gasteiger partial charge is 0.378 e. The molecular weight excluding hydrogens is 284 g/mol. The Kier molecular flexibility index (Phi) is 4.92. The minimum atomic E-state index is -0.610. The number of nitrogens with one attached hydrogen (secondary N) is 1. The molecule has 1 amide bonds. The molecule has 7 heteroatoms. The monoisotopic (exact) mass is 298 g/mol. The van der Waals surface area contributed by atoms with Gasteiger partial charge in [0.25, 0.3) is 11.6 Å². The van der Waals surface area contributed by atoms with Gasteiger partial charge in [-0.1, -0.05) is 11.6 Å². The van der Waals surface area contributed by atoms with Crippen LogP contribution in [-0.2, 0) is 4.74 Å². The lowest BCUT2D eigenvalue weighted by Crippen LogP contribution is -2.27. The topological polar surface area (TPSA) is 81.5 Å². The molecule has 0 aromatic heterocycles. The minimum absolute atomic E-state index is 0.0201. The van der Waals surface area contributed by atoms with Crippen molar-refractivity contribution in [1.82, 2.24) is 5.32 Å². The first-order valence-electron chi connectivity index (χ1n) is 6.41. The van der Waals surface area contributed by atoms with Gasteiger partial charge in [0.15, 0.2) is 0 Å². The zero-order valence-electron chi connectivity index (χ0n) is 10.8.